The number of rotatable bonds is 3. The van der Waals surface area contributed by atoms with E-state index in [1.807, 2.05) is 0 Å². The molecule has 0 aromatic heterocycles. The summed E-state index contributed by atoms with van der Waals surface area (Å²) in [4.78, 5) is 2.55. The minimum absolute atomic E-state index is 0.388. The summed E-state index contributed by atoms with van der Waals surface area (Å²) in [5.41, 5.74) is 0. The van der Waals surface area contributed by atoms with Crippen LogP contribution in [-0.4, -0.2) is 49.3 Å². The van der Waals surface area contributed by atoms with Crippen molar-refractivity contribution in [3.63, 3.8) is 0 Å². The van der Waals surface area contributed by atoms with Crippen molar-refractivity contribution in [2.24, 2.45) is 11.8 Å². The number of piperidine rings is 1. The molecule has 2 fully saturated rings. The molecule has 76 valence electrons. The number of hydrogen-bond acceptors (Lipinski definition) is 3. The summed E-state index contributed by atoms with van der Waals surface area (Å²) in [6, 6.07) is 0. The maximum atomic E-state index is 8.99. The standard InChI is InChI=1S/C10H20N2O/c13-8-9-1-3-12(4-2-9)7-10-5-11-6-10/h9-11,13H,1-8H2. The molecule has 2 saturated heterocycles. The minimum Gasteiger partial charge on any atom is -0.396 e. The smallest absolute Gasteiger partial charge is 0.0460 e. The van der Waals surface area contributed by atoms with Crippen LogP contribution >= 0.6 is 0 Å². The molecule has 2 aliphatic heterocycles. The van der Waals surface area contributed by atoms with Gasteiger partial charge < -0.3 is 15.3 Å². The van der Waals surface area contributed by atoms with Gasteiger partial charge in [0, 0.05) is 26.2 Å². The Hall–Kier alpha value is -0.120. The fraction of sp³-hybridized carbons (Fsp3) is 1.00. The summed E-state index contributed by atoms with van der Waals surface area (Å²) in [6.45, 7) is 6.47. The van der Waals surface area contributed by atoms with Crippen LogP contribution in [0.25, 0.3) is 0 Å². The zero-order valence-electron chi connectivity index (χ0n) is 8.21. The van der Waals surface area contributed by atoms with Crippen LogP contribution in [0.3, 0.4) is 0 Å². The number of nitrogens with zero attached hydrogens (tertiary/aromatic N) is 1. The zero-order valence-corrected chi connectivity index (χ0v) is 8.21. The fourth-order valence-corrected chi connectivity index (χ4v) is 2.19. The lowest BCUT2D eigenvalue weighted by Gasteiger charge is -2.36. The first-order valence-electron chi connectivity index (χ1n) is 5.42. The number of aliphatic hydroxyl groups excluding tert-OH is 1. The molecule has 2 N–H and O–H groups in total. The van der Waals surface area contributed by atoms with Crippen molar-refractivity contribution in [3.05, 3.63) is 0 Å². The van der Waals surface area contributed by atoms with Gasteiger partial charge in [0.25, 0.3) is 0 Å². The molecule has 0 spiro atoms. The molecule has 13 heavy (non-hydrogen) atoms. The van der Waals surface area contributed by atoms with E-state index < -0.39 is 0 Å². The van der Waals surface area contributed by atoms with Crippen molar-refractivity contribution in [1.29, 1.82) is 0 Å². The second-order valence-electron chi connectivity index (χ2n) is 4.45. The van der Waals surface area contributed by atoms with Gasteiger partial charge in [-0.3, -0.25) is 0 Å². The van der Waals surface area contributed by atoms with Crippen LogP contribution in [0.2, 0.25) is 0 Å². The summed E-state index contributed by atoms with van der Waals surface area (Å²) in [5.74, 6) is 1.47. The largest absolute Gasteiger partial charge is 0.396 e. The van der Waals surface area contributed by atoms with E-state index >= 15 is 0 Å². The molecule has 0 bridgehead atoms. The second kappa shape index (κ2) is 4.40. The Morgan fingerprint density at radius 3 is 2.31 bits per heavy atom. The number of aliphatic hydroxyl groups is 1. The van der Waals surface area contributed by atoms with Crippen LogP contribution in [0.4, 0.5) is 0 Å². The molecular weight excluding hydrogens is 164 g/mol. The highest BCUT2D eigenvalue weighted by Gasteiger charge is 2.23. The molecule has 0 atom stereocenters. The Morgan fingerprint density at radius 1 is 1.15 bits per heavy atom. The molecule has 0 radical (unpaired) electrons. The van der Waals surface area contributed by atoms with Crippen LogP contribution in [0.1, 0.15) is 12.8 Å². The van der Waals surface area contributed by atoms with Crippen LogP contribution in [0.5, 0.6) is 0 Å². The summed E-state index contributed by atoms with van der Waals surface area (Å²) in [7, 11) is 0. The van der Waals surface area contributed by atoms with E-state index in [4.69, 9.17) is 5.11 Å². The number of hydrogen-bond donors (Lipinski definition) is 2. The van der Waals surface area contributed by atoms with Gasteiger partial charge in [0.2, 0.25) is 0 Å². The molecule has 0 aromatic rings. The molecule has 0 amide bonds. The molecule has 0 aromatic carbocycles. The van der Waals surface area contributed by atoms with Gasteiger partial charge in [0.05, 0.1) is 0 Å². The lowest BCUT2D eigenvalue weighted by atomic mass is 9.95. The van der Waals surface area contributed by atoms with Crippen LogP contribution in [-0.2, 0) is 0 Å². The zero-order chi connectivity index (χ0) is 9.10. The molecule has 2 heterocycles. The van der Waals surface area contributed by atoms with E-state index in [0.717, 1.165) is 5.92 Å². The highest BCUT2D eigenvalue weighted by Crippen LogP contribution is 2.18. The van der Waals surface area contributed by atoms with Crippen molar-refractivity contribution in [2.75, 3.05) is 39.3 Å². The van der Waals surface area contributed by atoms with E-state index in [-0.39, 0.29) is 0 Å². The van der Waals surface area contributed by atoms with Crippen molar-refractivity contribution >= 4 is 0 Å². The van der Waals surface area contributed by atoms with Gasteiger partial charge in [0.1, 0.15) is 0 Å². The van der Waals surface area contributed by atoms with Gasteiger partial charge in [-0.15, -0.1) is 0 Å². The Balaban J connectivity index is 1.65. The first kappa shape index (κ1) is 9.44. The predicted octanol–water partition coefficient (Wildman–Crippen LogP) is -0.0899. The van der Waals surface area contributed by atoms with Gasteiger partial charge in [-0.05, 0) is 37.8 Å². The third kappa shape index (κ3) is 2.42. The number of likely N-dealkylation sites (tertiary alicyclic amines) is 1. The van der Waals surface area contributed by atoms with Gasteiger partial charge in [0.15, 0.2) is 0 Å². The fourth-order valence-electron chi connectivity index (χ4n) is 2.19. The Morgan fingerprint density at radius 2 is 1.85 bits per heavy atom. The normalized spacial score (nSPS) is 27.5. The van der Waals surface area contributed by atoms with Gasteiger partial charge in [-0.1, -0.05) is 0 Å². The maximum absolute atomic E-state index is 8.99. The third-order valence-electron chi connectivity index (χ3n) is 3.35. The van der Waals surface area contributed by atoms with Crippen molar-refractivity contribution in [1.82, 2.24) is 10.2 Å². The highest BCUT2D eigenvalue weighted by atomic mass is 16.3. The Kier molecular flexibility index (Phi) is 3.19. The van der Waals surface area contributed by atoms with E-state index in [0.29, 0.717) is 12.5 Å². The monoisotopic (exact) mass is 184 g/mol. The summed E-state index contributed by atoms with van der Waals surface area (Å²) in [5, 5.41) is 12.3. The topological polar surface area (TPSA) is 35.5 Å². The molecule has 3 nitrogen and oxygen atoms in total. The molecule has 3 heteroatoms. The van der Waals surface area contributed by atoms with Crippen LogP contribution in [0, 0.1) is 11.8 Å². The lowest BCUT2D eigenvalue weighted by molar-refractivity contribution is 0.109. The summed E-state index contributed by atoms with van der Waals surface area (Å²) >= 11 is 0. The molecule has 2 rings (SSSR count). The number of nitrogens with one attached hydrogen (secondary N) is 1. The molecule has 0 unspecified atom stereocenters. The minimum atomic E-state index is 0.388. The van der Waals surface area contributed by atoms with Crippen LogP contribution in [0.15, 0.2) is 0 Å². The van der Waals surface area contributed by atoms with Gasteiger partial charge in [-0.2, -0.15) is 0 Å². The summed E-state index contributed by atoms with van der Waals surface area (Å²) < 4.78 is 0. The van der Waals surface area contributed by atoms with Crippen molar-refractivity contribution in [3.8, 4) is 0 Å². The Labute approximate surface area is 80.1 Å². The average Bonchev–Trinajstić information content (AvgIpc) is 2.12. The second-order valence-corrected chi connectivity index (χ2v) is 4.45. The maximum Gasteiger partial charge on any atom is 0.0460 e. The average molecular weight is 184 g/mol. The van der Waals surface area contributed by atoms with E-state index in [9.17, 15) is 0 Å². The lowest BCUT2D eigenvalue weighted by Crippen LogP contribution is -2.49. The van der Waals surface area contributed by atoms with Crippen molar-refractivity contribution in [2.45, 2.75) is 12.8 Å². The van der Waals surface area contributed by atoms with Crippen LogP contribution < -0.4 is 5.32 Å². The van der Waals surface area contributed by atoms with E-state index in [1.54, 1.807) is 0 Å². The first-order valence-corrected chi connectivity index (χ1v) is 5.42. The van der Waals surface area contributed by atoms with E-state index in [1.165, 1.54) is 45.6 Å². The van der Waals surface area contributed by atoms with Gasteiger partial charge >= 0.3 is 0 Å². The molecular formula is C10H20N2O. The Bertz CT molecular complexity index is 151. The predicted molar refractivity (Wildman–Crippen MR) is 52.6 cm³/mol. The first-order chi connectivity index (χ1) is 6.38. The molecule has 2 aliphatic rings. The SMILES string of the molecule is OCC1CCN(CC2CNC2)CC1. The quantitative estimate of drug-likeness (QED) is 0.643. The molecule has 0 aliphatic carbocycles. The summed E-state index contributed by atoms with van der Waals surface area (Å²) in [6.07, 6.45) is 2.38. The van der Waals surface area contributed by atoms with Gasteiger partial charge in [-0.25, -0.2) is 0 Å². The third-order valence-corrected chi connectivity index (χ3v) is 3.35. The van der Waals surface area contributed by atoms with Crippen molar-refractivity contribution < 1.29 is 5.11 Å². The highest BCUT2D eigenvalue weighted by molar-refractivity contribution is 4.80. The molecule has 0 saturated carbocycles. The van der Waals surface area contributed by atoms with E-state index in [2.05, 4.69) is 10.2 Å².